The smallest absolute Gasteiger partial charge is 0.274 e. The van der Waals surface area contributed by atoms with Gasteiger partial charge in [-0.1, -0.05) is 24.3 Å². The molecule has 5 nitrogen and oxygen atoms in total. The van der Waals surface area contributed by atoms with E-state index in [1.54, 1.807) is 23.6 Å². The van der Waals surface area contributed by atoms with Crippen LogP contribution in [0.3, 0.4) is 0 Å². The number of hydrogen-bond donors (Lipinski definition) is 1. The summed E-state index contributed by atoms with van der Waals surface area (Å²) < 4.78 is 6.74. The van der Waals surface area contributed by atoms with Gasteiger partial charge in [0.2, 0.25) is 0 Å². The molecule has 3 aromatic rings. The van der Waals surface area contributed by atoms with E-state index in [-0.39, 0.29) is 18.7 Å². The van der Waals surface area contributed by atoms with Gasteiger partial charge in [0, 0.05) is 10.3 Å². The summed E-state index contributed by atoms with van der Waals surface area (Å²) in [5.74, 6) is 0. The van der Waals surface area contributed by atoms with Crippen molar-refractivity contribution in [2.45, 2.75) is 19.3 Å². The first kappa shape index (κ1) is 14.9. The highest BCUT2D eigenvalue weighted by Gasteiger charge is 2.10. The lowest BCUT2D eigenvalue weighted by Gasteiger charge is -2.12. The average Bonchev–Trinajstić information content (AvgIpc) is 3.04. The Morgan fingerprint density at radius 3 is 2.95 bits per heavy atom. The van der Waals surface area contributed by atoms with E-state index >= 15 is 0 Å². The molecule has 0 radical (unpaired) electrons. The first-order valence-electron chi connectivity index (χ1n) is 6.97. The van der Waals surface area contributed by atoms with Crippen LogP contribution in [0.2, 0.25) is 0 Å². The SMILES string of the molecule is O=c1c2ccccc2cnn1CC(O)COCc1cccs1. The van der Waals surface area contributed by atoms with Crippen molar-refractivity contribution in [3.05, 3.63) is 63.2 Å². The van der Waals surface area contributed by atoms with E-state index in [4.69, 9.17) is 4.74 Å². The molecule has 0 saturated carbocycles. The highest BCUT2D eigenvalue weighted by atomic mass is 32.1. The van der Waals surface area contributed by atoms with Crippen LogP contribution in [0.1, 0.15) is 4.88 Å². The zero-order valence-corrected chi connectivity index (χ0v) is 12.7. The molecule has 2 aromatic heterocycles. The van der Waals surface area contributed by atoms with Crippen molar-refractivity contribution < 1.29 is 9.84 Å². The van der Waals surface area contributed by atoms with Gasteiger partial charge in [-0.25, -0.2) is 4.68 Å². The third-order valence-corrected chi connectivity index (χ3v) is 4.13. The van der Waals surface area contributed by atoms with Crippen LogP contribution in [0.25, 0.3) is 10.8 Å². The summed E-state index contributed by atoms with van der Waals surface area (Å²) in [4.78, 5) is 13.4. The number of rotatable bonds is 6. The predicted molar refractivity (Wildman–Crippen MR) is 86.0 cm³/mol. The van der Waals surface area contributed by atoms with Crippen molar-refractivity contribution >= 4 is 22.1 Å². The predicted octanol–water partition coefficient (Wildman–Crippen LogP) is 2.04. The summed E-state index contributed by atoms with van der Waals surface area (Å²) >= 11 is 1.61. The van der Waals surface area contributed by atoms with Gasteiger partial charge < -0.3 is 9.84 Å². The quantitative estimate of drug-likeness (QED) is 0.756. The number of benzene rings is 1. The molecular weight excluding hydrogens is 300 g/mol. The highest BCUT2D eigenvalue weighted by molar-refractivity contribution is 7.09. The van der Waals surface area contributed by atoms with E-state index in [0.717, 1.165) is 10.3 Å². The normalized spacial score (nSPS) is 12.6. The van der Waals surface area contributed by atoms with Crippen molar-refractivity contribution in [3.63, 3.8) is 0 Å². The van der Waals surface area contributed by atoms with Gasteiger partial charge in [-0.3, -0.25) is 4.79 Å². The molecule has 6 heteroatoms. The van der Waals surface area contributed by atoms with Gasteiger partial charge in [-0.15, -0.1) is 11.3 Å². The monoisotopic (exact) mass is 316 g/mol. The van der Waals surface area contributed by atoms with Gasteiger partial charge in [0.1, 0.15) is 0 Å². The molecule has 0 saturated heterocycles. The second-order valence-electron chi connectivity index (χ2n) is 4.97. The maximum atomic E-state index is 12.3. The molecule has 0 bridgehead atoms. The summed E-state index contributed by atoms with van der Waals surface area (Å²) in [6, 6.07) is 11.2. The topological polar surface area (TPSA) is 64.4 Å². The molecule has 2 heterocycles. The number of ether oxygens (including phenoxy) is 1. The summed E-state index contributed by atoms with van der Waals surface area (Å²) in [6.07, 6.45) is 0.863. The first-order chi connectivity index (χ1) is 10.7. The number of nitrogens with zero attached hydrogens (tertiary/aromatic N) is 2. The van der Waals surface area contributed by atoms with Gasteiger partial charge in [-0.2, -0.15) is 5.10 Å². The number of aliphatic hydroxyl groups excluding tert-OH is 1. The van der Waals surface area contributed by atoms with E-state index in [0.29, 0.717) is 12.0 Å². The Labute approximate surface area is 131 Å². The maximum absolute atomic E-state index is 12.3. The van der Waals surface area contributed by atoms with E-state index in [1.165, 1.54) is 4.68 Å². The fourth-order valence-electron chi connectivity index (χ4n) is 2.20. The fraction of sp³-hybridized carbons (Fsp3) is 0.250. The summed E-state index contributed by atoms with van der Waals surface area (Å²) in [5, 5.41) is 17.5. The van der Waals surface area contributed by atoms with Gasteiger partial charge in [-0.05, 0) is 17.5 Å². The van der Waals surface area contributed by atoms with Crippen LogP contribution >= 0.6 is 11.3 Å². The lowest BCUT2D eigenvalue weighted by atomic mass is 10.2. The lowest BCUT2D eigenvalue weighted by molar-refractivity contribution is 0.0190. The Morgan fingerprint density at radius 2 is 2.14 bits per heavy atom. The summed E-state index contributed by atoms with van der Waals surface area (Å²) in [7, 11) is 0. The molecule has 1 unspecified atom stereocenters. The van der Waals surface area contributed by atoms with Gasteiger partial charge in [0.25, 0.3) is 5.56 Å². The fourth-order valence-corrected chi connectivity index (χ4v) is 2.84. The Kier molecular flexibility index (Phi) is 4.62. The molecule has 0 aliphatic carbocycles. The van der Waals surface area contributed by atoms with Crippen LogP contribution < -0.4 is 5.56 Å². The Morgan fingerprint density at radius 1 is 1.27 bits per heavy atom. The third kappa shape index (κ3) is 3.41. The average molecular weight is 316 g/mol. The Hall–Kier alpha value is -2.02. The van der Waals surface area contributed by atoms with Crippen LogP contribution in [-0.2, 0) is 17.9 Å². The minimum Gasteiger partial charge on any atom is -0.389 e. The molecule has 1 aromatic carbocycles. The van der Waals surface area contributed by atoms with Gasteiger partial charge >= 0.3 is 0 Å². The molecule has 0 fully saturated rings. The highest BCUT2D eigenvalue weighted by Crippen LogP contribution is 2.10. The third-order valence-electron chi connectivity index (χ3n) is 3.28. The van der Waals surface area contributed by atoms with Crippen LogP contribution in [-0.4, -0.2) is 27.6 Å². The van der Waals surface area contributed by atoms with Crippen LogP contribution in [0, 0.1) is 0 Å². The van der Waals surface area contributed by atoms with E-state index in [9.17, 15) is 9.90 Å². The molecule has 0 aliphatic heterocycles. The van der Waals surface area contributed by atoms with Crippen molar-refractivity contribution in [2.24, 2.45) is 0 Å². The first-order valence-corrected chi connectivity index (χ1v) is 7.85. The van der Waals surface area contributed by atoms with Crippen LogP contribution in [0.5, 0.6) is 0 Å². The number of thiophene rings is 1. The molecule has 0 spiro atoms. The minimum absolute atomic E-state index is 0.119. The van der Waals surface area contributed by atoms with Gasteiger partial charge in [0.05, 0.1) is 37.4 Å². The number of aliphatic hydroxyl groups is 1. The number of aromatic nitrogens is 2. The zero-order chi connectivity index (χ0) is 15.4. The second-order valence-corrected chi connectivity index (χ2v) is 6.00. The van der Waals surface area contributed by atoms with Crippen molar-refractivity contribution in [2.75, 3.05) is 6.61 Å². The summed E-state index contributed by atoms with van der Waals surface area (Å²) in [6.45, 7) is 0.752. The Balaban J connectivity index is 1.62. The van der Waals surface area contributed by atoms with Gasteiger partial charge in [0.15, 0.2) is 0 Å². The largest absolute Gasteiger partial charge is 0.389 e. The lowest BCUT2D eigenvalue weighted by Crippen LogP contribution is -2.31. The molecule has 1 atom stereocenters. The van der Waals surface area contributed by atoms with Crippen LogP contribution in [0.15, 0.2) is 52.8 Å². The van der Waals surface area contributed by atoms with E-state index < -0.39 is 6.10 Å². The molecule has 1 N–H and O–H groups in total. The maximum Gasteiger partial charge on any atom is 0.274 e. The van der Waals surface area contributed by atoms with Crippen molar-refractivity contribution in [3.8, 4) is 0 Å². The molecule has 0 aliphatic rings. The molecule has 114 valence electrons. The van der Waals surface area contributed by atoms with Crippen molar-refractivity contribution in [1.82, 2.24) is 9.78 Å². The van der Waals surface area contributed by atoms with E-state index in [1.807, 2.05) is 35.7 Å². The molecule has 3 rings (SSSR count). The summed E-state index contributed by atoms with van der Waals surface area (Å²) in [5.41, 5.74) is -0.199. The minimum atomic E-state index is -0.772. The Bertz CT molecular complexity index is 799. The second kappa shape index (κ2) is 6.83. The van der Waals surface area contributed by atoms with E-state index in [2.05, 4.69) is 5.10 Å². The van der Waals surface area contributed by atoms with Crippen molar-refractivity contribution in [1.29, 1.82) is 0 Å². The zero-order valence-electron chi connectivity index (χ0n) is 11.9. The number of fused-ring (bicyclic) bond motifs is 1. The molecular formula is C16H16N2O3S. The number of hydrogen-bond acceptors (Lipinski definition) is 5. The van der Waals surface area contributed by atoms with Crippen LogP contribution in [0.4, 0.5) is 0 Å². The molecule has 0 amide bonds. The standard InChI is InChI=1S/C16H16N2O3S/c19-13(10-21-11-14-5-3-7-22-14)9-18-16(20)15-6-2-1-4-12(15)8-17-18/h1-8,13,19H,9-11H2. The molecule has 22 heavy (non-hydrogen) atoms.